The van der Waals surface area contributed by atoms with Gasteiger partial charge in [-0.05, 0) is 50.2 Å². The fourth-order valence-corrected chi connectivity index (χ4v) is 3.13. The number of rotatable bonds is 2. The van der Waals surface area contributed by atoms with Crippen LogP contribution in [-0.2, 0) is 4.79 Å². The van der Waals surface area contributed by atoms with Gasteiger partial charge in [-0.1, -0.05) is 0 Å². The zero-order valence-corrected chi connectivity index (χ0v) is 8.51. The van der Waals surface area contributed by atoms with E-state index in [1.807, 2.05) is 0 Å². The quantitative estimate of drug-likeness (QED) is 0.499. The van der Waals surface area contributed by atoms with Crippen LogP contribution >= 0.6 is 12.2 Å². The summed E-state index contributed by atoms with van der Waals surface area (Å²) >= 11 is 4.61. The van der Waals surface area contributed by atoms with Gasteiger partial charge in [0.1, 0.15) is 5.78 Å². The average molecular weight is 195 g/mol. The van der Waals surface area contributed by atoms with Crippen LogP contribution in [0.5, 0.6) is 0 Å². The van der Waals surface area contributed by atoms with Gasteiger partial charge < -0.3 is 0 Å². The fraction of sp³-hybridized carbons (Fsp3) is 0.800. The number of Topliss-reactive ketones (excluding diaryl/α,β-unsaturated/α-hetero) is 1. The Kier molecular flexibility index (Phi) is 2.31. The molecule has 0 aliphatic heterocycles. The number of carbonyl (C=O) groups excluding carboxylic acids is 1. The highest BCUT2D eigenvalue weighted by molar-refractivity contribution is 7.78. The topological polar surface area (TPSA) is 29.4 Å². The molecular weight excluding hydrogens is 182 g/mol. The van der Waals surface area contributed by atoms with E-state index in [0.717, 1.165) is 18.8 Å². The predicted molar refractivity (Wildman–Crippen MR) is 53.8 cm³/mol. The second kappa shape index (κ2) is 3.32. The van der Waals surface area contributed by atoms with Crippen LogP contribution in [0.4, 0.5) is 0 Å². The summed E-state index contributed by atoms with van der Waals surface area (Å²) in [7, 11) is 0. The minimum atomic E-state index is 0.260. The van der Waals surface area contributed by atoms with E-state index in [4.69, 9.17) is 0 Å². The van der Waals surface area contributed by atoms with Crippen molar-refractivity contribution in [2.24, 2.45) is 22.7 Å². The Bertz CT molecular complexity index is 271. The van der Waals surface area contributed by atoms with Gasteiger partial charge in [0.15, 0.2) is 0 Å². The molecule has 0 amide bonds. The Morgan fingerprint density at radius 2 is 2.23 bits per heavy atom. The smallest absolute Gasteiger partial charge is 0.133 e. The zero-order valence-electron chi connectivity index (χ0n) is 7.69. The van der Waals surface area contributed by atoms with Gasteiger partial charge in [0.25, 0.3) is 0 Å². The Hall–Kier alpha value is -0.530. The molecule has 0 aromatic rings. The first-order valence-corrected chi connectivity index (χ1v) is 5.20. The highest BCUT2D eigenvalue weighted by Gasteiger charge is 2.47. The van der Waals surface area contributed by atoms with Crippen molar-refractivity contribution in [1.29, 1.82) is 0 Å². The third-order valence-electron chi connectivity index (χ3n) is 3.52. The molecule has 2 aliphatic rings. The molecule has 2 aliphatic carbocycles. The van der Waals surface area contributed by atoms with E-state index >= 15 is 0 Å². The van der Waals surface area contributed by atoms with Gasteiger partial charge in [-0.3, -0.25) is 4.79 Å². The maximum Gasteiger partial charge on any atom is 0.133 e. The Morgan fingerprint density at radius 1 is 1.46 bits per heavy atom. The van der Waals surface area contributed by atoms with Crippen LogP contribution in [0.3, 0.4) is 0 Å². The van der Waals surface area contributed by atoms with E-state index in [1.54, 1.807) is 6.92 Å². The van der Waals surface area contributed by atoms with E-state index in [1.165, 1.54) is 6.42 Å². The van der Waals surface area contributed by atoms with Gasteiger partial charge in [0.2, 0.25) is 0 Å². The van der Waals surface area contributed by atoms with Crippen LogP contribution in [0.1, 0.15) is 26.2 Å². The Balaban J connectivity index is 2.14. The summed E-state index contributed by atoms with van der Waals surface area (Å²) in [4.78, 5) is 15.4. The molecule has 0 saturated heterocycles. The van der Waals surface area contributed by atoms with Crippen LogP contribution in [-0.4, -0.2) is 17.0 Å². The first-order valence-electron chi connectivity index (χ1n) is 4.79. The van der Waals surface area contributed by atoms with Crippen LogP contribution in [0.2, 0.25) is 0 Å². The molecule has 2 rings (SSSR count). The predicted octanol–water partition coefficient (Wildman–Crippen LogP) is 2.09. The first-order chi connectivity index (χ1) is 6.22. The van der Waals surface area contributed by atoms with Crippen molar-refractivity contribution in [2.75, 3.05) is 0 Å². The highest BCUT2D eigenvalue weighted by atomic mass is 32.1. The third kappa shape index (κ3) is 1.47. The Morgan fingerprint density at radius 3 is 2.77 bits per heavy atom. The van der Waals surface area contributed by atoms with Crippen molar-refractivity contribution in [1.82, 2.24) is 0 Å². The van der Waals surface area contributed by atoms with Crippen molar-refractivity contribution in [2.45, 2.75) is 32.2 Å². The molecule has 2 bridgehead atoms. The summed E-state index contributed by atoms with van der Waals surface area (Å²) in [5, 5.41) is 2.45. The molecule has 3 heteroatoms. The summed E-state index contributed by atoms with van der Waals surface area (Å²) in [6.07, 6.45) is 3.39. The number of carbonyl (C=O) groups is 1. The van der Waals surface area contributed by atoms with Gasteiger partial charge in [0, 0.05) is 5.92 Å². The standard InChI is InChI=1S/C10H13NOS/c1-6(12)8-2-7-3-9(8)10(4-7)11-5-13/h7-10H,2-4H2,1H3/t7?,8-,9?,10-/m1/s1. The van der Waals surface area contributed by atoms with Crippen molar-refractivity contribution >= 4 is 23.2 Å². The van der Waals surface area contributed by atoms with Gasteiger partial charge in [-0.2, -0.15) is 0 Å². The molecule has 13 heavy (non-hydrogen) atoms. The van der Waals surface area contributed by atoms with Crippen LogP contribution in [0.15, 0.2) is 4.99 Å². The van der Waals surface area contributed by atoms with Gasteiger partial charge >= 0.3 is 0 Å². The summed E-state index contributed by atoms with van der Waals surface area (Å²) < 4.78 is 0. The van der Waals surface area contributed by atoms with E-state index in [-0.39, 0.29) is 5.92 Å². The van der Waals surface area contributed by atoms with Crippen LogP contribution in [0.25, 0.3) is 0 Å². The van der Waals surface area contributed by atoms with Gasteiger partial charge in [-0.25, -0.2) is 4.99 Å². The van der Waals surface area contributed by atoms with Crippen molar-refractivity contribution in [3.05, 3.63) is 0 Å². The summed E-state index contributed by atoms with van der Waals surface area (Å²) in [5.41, 5.74) is 0. The molecule has 0 aromatic carbocycles. The summed E-state index contributed by atoms with van der Waals surface area (Å²) in [5.74, 6) is 1.78. The number of thiocarbonyl (C=S) groups is 1. The third-order valence-corrected chi connectivity index (χ3v) is 3.62. The summed E-state index contributed by atoms with van der Waals surface area (Å²) in [6.45, 7) is 1.70. The number of isothiocyanates is 1. The van der Waals surface area contributed by atoms with Gasteiger partial charge in [0.05, 0.1) is 11.2 Å². The molecule has 2 nitrogen and oxygen atoms in total. The number of hydrogen-bond acceptors (Lipinski definition) is 3. The number of aliphatic imine (C=N–C) groups is 1. The number of ketones is 1. The summed E-state index contributed by atoms with van der Waals surface area (Å²) in [6, 6.07) is 0.296. The molecule has 0 aromatic heterocycles. The first kappa shape index (κ1) is 9.04. The van der Waals surface area contributed by atoms with E-state index in [2.05, 4.69) is 22.4 Å². The molecule has 0 heterocycles. The van der Waals surface area contributed by atoms with E-state index in [9.17, 15) is 4.79 Å². The maximum atomic E-state index is 11.3. The van der Waals surface area contributed by atoms with E-state index < -0.39 is 0 Å². The Labute approximate surface area is 83.4 Å². The highest BCUT2D eigenvalue weighted by Crippen LogP contribution is 2.49. The molecule has 0 N–H and O–H groups in total. The lowest BCUT2D eigenvalue weighted by molar-refractivity contribution is -0.122. The molecule has 0 radical (unpaired) electrons. The van der Waals surface area contributed by atoms with Crippen LogP contribution in [0, 0.1) is 17.8 Å². The second-order valence-electron chi connectivity index (χ2n) is 4.24. The lowest BCUT2D eigenvalue weighted by atomic mass is 9.83. The number of hydrogen-bond donors (Lipinski definition) is 0. The molecule has 0 spiro atoms. The molecule has 2 unspecified atom stereocenters. The lowest BCUT2D eigenvalue weighted by Gasteiger charge is -2.23. The maximum absolute atomic E-state index is 11.3. The van der Waals surface area contributed by atoms with Crippen molar-refractivity contribution in [3.63, 3.8) is 0 Å². The molecule has 4 atom stereocenters. The minimum Gasteiger partial charge on any atom is -0.300 e. The largest absolute Gasteiger partial charge is 0.300 e. The molecule has 2 saturated carbocycles. The average Bonchev–Trinajstić information content (AvgIpc) is 2.62. The second-order valence-corrected chi connectivity index (χ2v) is 4.42. The number of fused-ring (bicyclic) bond motifs is 2. The lowest BCUT2D eigenvalue weighted by Crippen LogP contribution is -2.27. The van der Waals surface area contributed by atoms with Crippen molar-refractivity contribution < 1.29 is 4.79 Å². The zero-order chi connectivity index (χ0) is 9.42. The fourth-order valence-electron chi connectivity index (χ4n) is 3.00. The number of nitrogens with zero attached hydrogens (tertiary/aromatic N) is 1. The monoisotopic (exact) mass is 195 g/mol. The normalized spacial score (nSPS) is 41.6. The SMILES string of the molecule is CC(=O)[C@H]1CC2CC1[C@H](N=C=S)C2. The minimum absolute atomic E-state index is 0.260. The van der Waals surface area contributed by atoms with E-state index in [0.29, 0.717) is 17.7 Å². The van der Waals surface area contributed by atoms with Gasteiger partial charge in [-0.15, -0.1) is 0 Å². The van der Waals surface area contributed by atoms with Crippen LogP contribution < -0.4 is 0 Å². The molecule has 70 valence electrons. The molecule has 2 fully saturated rings. The molecular formula is C10H13NOS. The van der Waals surface area contributed by atoms with Crippen molar-refractivity contribution in [3.8, 4) is 0 Å².